The molecule has 0 saturated carbocycles. The van der Waals surface area contributed by atoms with Crippen molar-refractivity contribution in [3.8, 4) is 10.7 Å². The number of nitrogen functional groups attached to an aromatic ring is 1. The number of sulfonamides is 1. The van der Waals surface area contributed by atoms with Gasteiger partial charge in [0.05, 0.1) is 15.5 Å². The zero-order valence-corrected chi connectivity index (χ0v) is 16.6. The molecule has 3 aromatic rings. The molecule has 5 N–H and O–H groups in total. The average Bonchev–Trinajstić information content (AvgIpc) is 3.23. The number of aromatic nitrogens is 3. The molecule has 0 aliphatic rings. The minimum absolute atomic E-state index is 0.0261. The van der Waals surface area contributed by atoms with Crippen molar-refractivity contribution >= 4 is 44.7 Å². The van der Waals surface area contributed by atoms with E-state index in [0.717, 1.165) is 16.6 Å². The van der Waals surface area contributed by atoms with Gasteiger partial charge in [0.1, 0.15) is 0 Å². The molecule has 0 unspecified atom stereocenters. The van der Waals surface area contributed by atoms with Crippen LogP contribution in [0.25, 0.3) is 10.7 Å². The number of nitrogens with one attached hydrogen (secondary N) is 1. The Morgan fingerprint density at radius 3 is 2.78 bits per heavy atom. The summed E-state index contributed by atoms with van der Waals surface area (Å²) in [7, 11) is -3.87. The lowest BCUT2D eigenvalue weighted by molar-refractivity contribution is -0.113. The Hall–Kier alpha value is -2.41. The molecule has 0 atom stereocenters. The predicted molar refractivity (Wildman–Crippen MR) is 105 cm³/mol. The lowest BCUT2D eigenvalue weighted by atomic mass is 10.2. The van der Waals surface area contributed by atoms with Crippen molar-refractivity contribution < 1.29 is 13.2 Å². The van der Waals surface area contributed by atoms with Gasteiger partial charge in [-0.3, -0.25) is 4.79 Å². The average molecular weight is 425 g/mol. The van der Waals surface area contributed by atoms with Crippen molar-refractivity contribution in [2.24, 2.45) is 5.14 Å². The van der Waals surface area contributed by atoms with E-state index in [9.17, 15) is 13.2 Å². The van der Waals surface area contributed by atoms with Crippen LogP contribution in [-0.4, -0.2) is 35.0 Å². The third kappa shape index (κ3) is 4.47. The van der Waals surface area contributed by atoms with Gasteiger partial charge in [-0.1, -0.05) is 23.9 Å². The molecule has 0 radical (unpaired) electrons. The van der Waals surface area contributed by atoms with Crippen molar-refractivity contribution in [3.63, 3.8) is 0 Å². The van der Waals surface area contributed by atoms with E-state index in [2.05, 4.69) is 15.5 Å². The number of nitrogens with zero attached hydrogens (tertiary/aromatic N) is 3. The largest absolute Gasteiger partial charge is 0.335 e. The highest BCUT2D eigenvalue weighted by atomic mass is 32.2. The number of carbonyl (C=O) groups excluding carboxylic acids is 1. The number of carbonyl (C=O) groups is 1. The molecule has 0 aliphatic heterocycles. The Morgan fingerprint density at radius 1 is 1.33 bits per heavy atom. The van der Waals surface area contributed by atoms with Gasteiger partial charge in [-0.15, -0.1) is 21.5 Å². The van der Waals surface area contributed by atoms with E-state index in [1.807, 2.05) is 17.5 Å². The molecule has 0 bridgehead atoms. The summed E-state index contributed by atoms with van der Waals surface area (Å²) in [6, 6.07) is 8.26. The molecule has 2 heterocycles. The standard InChI is InChI=1S/C15H16N6O3S3/c1-9-4-5-10(7-12(9)27(17,23)24)18-13(22)8-26-15-20-19-14(21(15)16)11-3-2-6-25-11/h2-7H,8,16H2,1H3,(H,18,22)(H2,17,23,24). The molecule has 0 spiro atoms. The van der Waals surface area contributed by atoms with Crippen molar-refractivity contribution in [2.45, 2.75) is 17.0 Å². The number of primary sulfonamides is 1. The van der Waals surface area contributed by atoms with E-state index in [1.54, 1.807) is 19.1 Å². The Kier molecular flexibility index (Phi) is 5.51. The highest BCUT2D eigenvalue weighted by Crippen LogP contribution is 2.25. The summed E-state index contributed by atoms with van der Waals surface area (Å²) >= 11 is 2.60. The number of thioether (sulfide) groups is 1. The molecule has 27 heavy (non-hydrogen) atoms. The van der Waals surface area contributed by atoms with Crippen LogP contribution >= 0.6 is 23.1 Å². The highest BCUT2D eigenvalue weighted by Gasteiger charge is 2.16. The molecular weight excluding hydrogens is 408 g/mol. The highest BCUT2D eigenvalue weighted by molar-refractivity contribution is 7.99. The first-order valence-electron chi connectivity index (χ1n) is 7.56. The maximum absolute atomic E-state index is 12.2. The molecule has 0 fully saturated rings. The Labute approximate surface area is 163 Å². The summed E-state index contributed by atoms with van der Waals surface area (Å²) in [5.74, 6) is 6.18. The SMILES string of the molecule is Cc1ccc(NC(=O)CSc2nnc(-c3cccs3)n2N)cc1S(N)(=O)=O. The van der Waals surface area contributed by atoms with Gasteiger partial charge in [0.25, 0.3) is 0 Å². The molecule has 1 aromatic carbocycles. The van der Waals surface area contributed by atoms with E-state index in [1.165, 1.54) is 22.1 Å². The molecule has 0 aliphatic carbocycles. The zero-order chi connectivity index (χ0) is 19.6. The fourth-order valence-electron chi connectivity index (χ4n) is 2.26. The maximum Gasteiger partial charge on any atom is 0.238 e. The third-order valence-corrected chi connectivity index (χ3v) is 6.38. The number of amides is 1. The summed E-state index contributed by atoms with van der Waals surface area (Å²) in [6.07, 6.45) is 0. The van der Waals surface area contributed by atoms with Crippen molar-refractivity contribution in [1.82, 2.24) is 14.9 Å². The summed E-state index contributed by atoms with van der Waals surface area (Å²) in [4.78, 5) is 13.0. The quantitative estimate of drug-likeness (QED) is 0.400. The number of benzene rings is 1. The zero-order valence-electron chi connectivity index (χ0n) is 14.1. The molecule has 9 nitrogen and oxygen atoms in total. The first kappa shape index (κ1) is 19.4. The van der Waals surface area contributed by atoms with Gasteiger partial charge in [0.2, 0.25) is 21.1 Å². The third-order valence-electron chi connectivity index (χ3n) is 3.52. The monoisotopic (exact) mass is 424 g/mol. The first-order chi connectivity index (χ1) is 12.8. The van der Waals surface area contributed by atoms with Gasteiger partial charge >= 0.3 is 0 Å². The Bertz CT molecular complexity index is 1080. The summed E-state index contributed by atoms with van der Waals surface area (Å²) < 4.78 is 24.5. The van der Waals surface area contributed by atoms with E-state index in [4.69, 9.17) is 11.0 Å². The second-order valence-electron chi connectivity index (χ2n) is 5.52. The van der Waals surface area contributed by atoms with Crippen LogP contribution in [0.4, 0.5) is 5.69 Å². The van der Waals surface area contributed by atoms with Crippen molar-refractivity contribution in [1.29, 1.82) is 0 Å². The number of hydrogen-bond donors (Lipinski definition) is 3. The molecular formula is C15H16N6O3S3. The van der Waals surface area contributed by atoms with E-state index >= 15 is 0 Å². The second-order valence-corrected chi connectivity index (χ2v) is 8.94. The van der Waals surface area contributed by atoms with Gasteiger partial charge in [0, 0.05) is 5.69 Å². The number of aryl methyl sites for hydroxylation is 1. The number of thiophene rings is 1. The lowest BCUT2D eigenvalue weighted by Crippen LogP contribution is -2.18. The minimum Gasteiger partial charge on any atom is -0.335 e. The molecule has 1 amide bonds. The van der Waals surface area contributed by atoms with Gasteiger partial charge < -0.3 is 11.2 Å². The summed E-state index contributed by atoms with van der Waals surface area (Å²) in [5, 5.41) is 18.1. The molecule has 142 valence electrons. The van der Waals surface area contributed by atoms with Crippen LogP contribution in [0.5, 0.6) is 0 Å². The molecule has 2 aromatic heterocycles. The molecule has 12 heteroatoms. The Balaban J connectivity index is 1.66. The lowest BCUT2D eigenvalue weighted by Gasteiger charge is -2.09. The maximum atomic E-state index is 12.2. The number of hydrogen-bond acceptors (Lipinski definition) is 8. The second kappa shape index (κ2) is 7.68. The van der Waals surface area contributed by atoms with Crippen LogP contribution in [0.2, 0.25) is 0 Å². The van der Waals surface area contributed by atoms with E-state index in [0.29, 0.717) is 22.2 Å². The van der Waals surface area contributed by atoms with Crippen LogP contribution in [0.15, 0.2) is 45.8 Å². The van der Waals surface area contributed by atoms with Crippen LogP contribution in [0.1, 0.15) is 5.56 Å². The summed E-state index contributed by atoms with van der Waals surface area (Å²) in [6.45, 7) is 1.63. The summed E-state index contributed by atoms with van der Waals surface area (Å²) in [5.41, 5.74) is 0.839. The fraction of sp³-hybridized carbons (Fsp3) is 0.133. The van der Waals surface area contributed by atoms with Gasteiger partial charge in [-0.05, 0) is 36.1 Å². The normalized spacial score (nSPS) is 11.5. The molecule has 0 saturated heterocycles. The number of anilines is 1. The number of rotatable bonds is 6. The van der Waals surface area contributed by atoms with Crippen LogP contribution in [0, 0.1) is 6.92 Å². The van der Waals surface area contributed by atoms with Crippen molar-refractivity contribution in [2.75, 3.05) is 16.9 Å². The van der Waals surface area contributed by atoms with Gasteiger partial charge in [-0.25, -0.2) is 18.2 Å². The van der Waals surface area contributed by atoms with E-state index < -0.39 is 10.0 Å². The number of nitrogens with two attached hydrogens (primary N) is 2. The van der Waals surface area contributed by atoms with Gasteiger partial charge in [-0.2, -0.15) is 0 Å². The van der Waals surface area contributed by atoms with Crippen LogP contribution in [0.3, 0.4) is 0 Å². The van der Waals surface area contributed by atoms with Crippen molar-refractivity contribution in [3.05, 3.63) is 41.3 Å². The first-order valence-corrected chi connectivity index (χ1v) is 11.0. The minimum atomic E-state index is -3.87. The van der Waals surface area contributed by atoms with Gasteiger partial charge in [0.15, 0.2) is 5.82 Å². The smallest absolute Gasteiger partial charge is 0.238 e. The predicted octanol–water partition coefficient (Wildman–Crippen LogP) is 1.41. The Morgan fingerprint density at radius 2 is 2.11 bits per heavy atom. The fourth-order valence-corrected chi connectivity index (χ4v) is 4.43. The molecule has 3 rings (SSSR count). The van der Waals surface area contributed by atoms with Crippen LogP contribution < -0.4 is 16.3 Å². The van der Waals surface area contributed by atoms with Crippen LogP contribution in [-0.2, 0) is 14.8 Å². The topological polar surface area (TPSA) is 146 Å². The van der Waals surface area contributed by atoms with E-state index in [-0.39, 0.29) is 16.6 Å².